The fourth-order valence-electron chi connectivity index (χ4n) is 3.99. The van der Waals surface area contributed by atoms with Crippen LogP contribution >= 0.6 is 11.8 Å². The standard InChI is InChI=1S/C24H26N2O3S2/c1-30-23-13-12-20(16-22(23)24(27)26-14-5-2-6-15-26)31(28,29)25-17-19-10-7-9-18-8-3-4-11-21(18)19/h3-4,7-13,16,25H,2,5-6,14-15,17H2,1H3. The average molecular weight is 455 g/mol. The van der Waals surface area contributed by atoms with Gasteiger partial charge in [-0.1, -0.05) is 42.5 Å². The zero-order valence-corrected chi connectivity index (χ0v) is 19.1. The number of carbonyl (C=O) groups excluding carboxylic acids is 1. The third kappa shape index (κ3) is 4.79. The van der Waals surface area contributed by atoms with E-state index in [2.05, 4.69) is 4.72 Å². The van der Waals surface area contributed by atoms with E-state index in [0.717, 1.165) is 53.6 Å². The van der Waals surface area contributed by atoms with Crippen LogP contribution in [0, 0.1) is 0 Å². The minimum absolute atomic E-state index is 0.0878. The summed E-state index contributed by atoms with van der Waals surface area (Å²) in [5, 5.41) is 2.09. The van der Waals surface area contributed by atoms with Crippen molar-refractivity contribution in [2.24, 2.45) is 0 Å². The van der Waals surface area contributed by atoms with E-state index in [9.17, 15) is 13.2 Å². The van der Waals surface area contributed by atoms with Crippen LogP contribution in [0.3, 0.4) is 0 Å². The van der Waals surface area contributed by atoms with Gasteiger partial charge in [0.1, 0.15) is 0 Å². The Hall–Kier alpha value is -2.35. The van der Waals surface area contributed by atoms with Gasteiger partial charge < -0.3 is 4.90 Å². The third-order valence-corrected chi connectivity index (χ3v) is 7.88. The molecule has 0 unspecified atom stereocenters. The number of carbonyl (C=O) groups is 1. The highest BCUT2D eigenvalue weighted by atomic mass is 32.2. The molecule has 3 aromatic carbocycles. The summed E-state index contributed by atoms with van der Waals surface area (Å²) in [6, 6.07) is 18.6. The number of thioether (sulfide) groups is 1. The number of nitrogens with one attached hydrogen (secondary N) is 1. The van der Waals surface area contributed by atoms with Gasteiger partial charge in [0.2, 0.25) is 10.0 Å². The molecule has 1 fully saturated rings. The molecule has 1 aliphatic heterocycles. The Bertz CT molecular complexity index is 1200. The topological polar surface area (TPSA) is 66.5 Å². The first-order valence-electron chi connectivity index (χ1n) is 10.4. The molecule has 1 N–H and O–H groups in total. The second-order valence-corrected chi connectivity index (χ2v) is 10.3. The van der Waals surface area contributed by atoms with E-state index in [-0.39, 0.29) is 17.3 Å². The van der Waals surface area contributed by atoms with Gasteiger partial charge in [-0.05, 0) is 60.1 Å². The van der Waals surface area contributed by atoms with Crippen molar-refractivity contribution in [2.45, 2.75) is 35.6 Å². The molecular weight excluding hydrogens is 428 g/mol. The number of amides is 1. The largest absolute Gasteiger partial charge is 0.339 e. The van der Waals surface area contributed by atoms with Crippen molar-refractivity contribution in [3.05, 3.63) is 71.8 Å². The molecule has 0 saturated carbocycles. The molecule has 1 saturated heterocycles. The average Bonchev–Trinajstić information content (AvgIpc) is 2.82. The molecule has 7 heteroatoms. The summed E-state index contributed by atoms with van der Waals surface area (Å²) in [7, 11) is -3.77. The number of benzene rings is 3. The van der Waals surface area contributed by atoms with Gasteiger partial charge in [0, 0.05) is 24.5 Å². The smallest absolute Gasteiger partial charge is 0.255 e. The zero-order valence-electron chi connectivity index (χ0n) is 17.5. The number of sulfonamides is 1. The van der Waals surface area contributed by atoms with Crippen LogP contribution in [0.25, 0.3) is 10.8 Å². The summed E-state index contributed by atoms with van der Waals surface area (Å²) in [6.07, 6.45) is 5.01. The summed E-state index contributed by atoms with van der Waals surface area (Å²) in [5.41, 5.74) is 1.37. The summed E-state index contributed by atoms with van der Waals surface area (Å²) in [5.74, 6) is -0.0878. The predicted octanol–water partition coefficient (Wildman–Crippen LogP) is 4.67. The Morgan fingerprint density at radius 3 is 2.52 bits per heavy atom. The number of hydrogen-bond acceptors (Lipinski definition) is 4. The van der Waals surface area contributed by atoms with Gasteiger partial charge in [-0.2, -0.15) is 0 Å². The van der Waals surface area contributed by atoms with Crippen LogP contribution in [0.5, 0.6) is 0 Å². The third-order valence-electron chi connectivity index (χ3n) is 5.69. The van der Waals surface area contributed by atoms with Gasteiger partial charge in [-0.3, -0.25) is 4.79 Å². The van der Waals surface area contributed by atoms with Crippen molar-refractivity contribution in [1.29, 1.82) is 0 Å². The molecular formula is C24H26N2O3S2. The van der Waals surface area contributed by atoms with Gasteiger partial charge in [0.05, 0.1) is 10.5 Å². The normalized spacial score (nSPS) is 14.7. The van der Waals surface area contributed by atoms with Crippen molar-refractivity contribution >= 4 is 38.5 Å². The molecule has 1 amide bonds. The quantitative estimate of drug-likeness (QED) is 0.550. The van der Waals surface area contributed by atoms with E-state index < -0.39 is 10.0 Å². The van der Waals surface area contributed by atoms with E-state index in [4.69, 9.17) is 0 Å². The lowest BCUT2D eigenvalue weighted by Gasteiger charge is -2.27. The SMILES string of the molecule is CSc1ccc(S(=O)(=O)NCc2cccc3ccccc23)cc1C(=O)N1CCCCC1. The van der Waals surface area contributed by atoms with Crippen molar-refractivity contribution in [3.63, 3.8) is 0 Å². The molecule has 3 aromatic rings. The lowest BCUT2D eigenvalue weighted by molar-refractivity contribution is 0.0720. The molecule has 0 bridgehead atoms. The summed E-state index contributed by atoms with van der Waals surface area (Å²) in [4.78, 5) is 15.8. The van der Waals surface area contributed by atoms with E-state index in [1.807, 2.05) is 53.6 Å². The number of piperidine rings is 1. The van der Waals surface area contributed by atoms with Crippen LogP contribution in [0.15, 0.2) is 70.5 Å². The Morgan fingerprint density at radius 2 is 1.74 bits per heavy atom. The molecule has 4 rings (SSSR count). The van der Waals surface area contributed by atoms with Crippen LogP contribution in [0.1, 0.15) is 35.2 Å². The Labute approximate surface area is 187 Å². The highest BCUT2D eigenvalue weighted by Crippen LogP contribution is 2.26. The number of rotatable bonds is 6. The van der Waals surface area contributed by atoms with Crippen molar-refractivity contribution in [3.8, 4) is 0 Å². The molecule has 0 aromatic heterocycles. The van der Waals surface area contributed by atoms with Gasteiger partial charge >= 0.3 is 0 Å². The first kappa shape index (κ1) is 21.9. The fraction of sp³-hybridized carbons (Fsp3) is 0.292. The van der Waals surface area contributed by atoms with Crippen LogP contribution in [-0.4, -0.2) is 38.6 Å². The van der Waals surface area contributed by atoms with E-state index >= 15 is 0 Å². The van der Waals surface area contributed by atoms with E-state index in [1.54, 1.807) is 12.1 Å². The maximum absolute atomic E-state index is 13.1. The Morgan fingerprint density at radius 1 is 1.00 bits per heavy atom. The molecule has 0 aliphatic carbocycles. The lowest BCUT2D eigenvalue weighted by atomic mass is 10.1. The monoisotopic (exact) mass is 454 g/mol. The molecule has 162 valence electrons. The predicted molar refractivity (Wildman–Crippen MR) is 126 cm³/mol. The van der Waals surface area contributed by atoms with Crippen LogP contribution < -0.4 is 4.72 Å². The molecule has 0 radical (unpaired) electrons. The van der Waals surface area contributed by atoms with Crippen LogP contribution in [0.2, 0.25) is 0 Å². The number of likely N-dealkylation sites (tertiary alicyclic amines) is 1. The Kier molecular flexibility index (Phi) is 6.65. The maximum Gasteiger partial charge on any atom is 0.255 e. The van der Waals surface area contributed by atoms with E-state index in [0.29, 0.717) is 5.56 Å². The van der Waals surface area contributed by atoms with Gasteiger partial charge in [0.25, 0.3) is 5.91 Å². The summed E-state index contributed by atoms with van der Waals surface area (Å²) in [6.45, 7) is 1.63. The Balaban J connectivity index is 1.59. The first-order chi connectivity index (χ1) is 15.0. The zero-order chi connectivity index (χ0) is 21.8. The molecule has 0 atom stereocenters. The van der Waals surface area contributed by atoms with Crippen LogP contribution in [0.4, 0.5) is 0 Å². The first-order valence-corrected chi connectivity index (χ1v) is 13.1. The summed E-state index contributed by atoms with van der Waals surface area (Å²) >= 11 is 1.46. The van der Waals surface area contributed by atoms with Gasteiger partial charge in [-0.25, -0.2) is 13.1 Å². The molecule has 1 heterocycles. The highest BCUT2D eigenvalue weighted by Gasteiger charge is 2.23. The summed E-state index contributed by atoms with van der Waals surface area (Å²) < 4.78 is 28.8. The number of fused-ring (bicyclic) bond motifs is 1. The van der Waals surface area contributed by atoms with E-state index in [1.165, 1.54) is 17.8 Å². The minimum atomic E-state index is -3.77. The van der Waals surface area contributed by atoms with Crippen molar-refractivity contribution in [1.82, 2.24) is 9.62 Å². The minimum Gasteiger partial charge on any atom is -0.339 e. The fourth-order valence-corrected chi connectivity index (χ4v) is 5.59. The molecule has 1 aliphatic rings. The second-order valence-electron chi connectivity index (χ2n) is 7.68. The second kappa shape index (κ2) is 9.42. The molecule has 5 nitrogen and oxygen atoms in total. The number of hydrogen-bond donors (Lipinski definition) is 1. The van der Waals surface area contributed by atoms with Crippen LogP contribution in [-0.2, 0) is 16.6 Å². The molecule has 31 heavy (non-hydrogen) atoms. The van der Waals surface area contributed by atoms with Gasteiger partial charge in [-0.15, -0.1) is 11.8 Å². The number of nitrogens with zero attached hydrogens (tertiary/aromatic N) is 1. The van der Waals surface area contributed by atoms with Gasteiger partial charge in [0.15, 0.2) is 0 Å². The van der Waals surface area contributed by atoms with Crippen molar-refractivity contribution < 1.29 is 13.2 Å². The maximum atomic E-state index is 13.1. The highest BCUT2D eigenvalue weighted by molar-refractivity contribution is 7.98. The molecule has 0 spiro atoms. The lowest BCUT2D eigenvalue weighted by Crippen LogP contribution is -2.36. The van der Waals surface area contributed by atoms with Crippen molar-refractivity contribution in [2.75, 3.05) is 19.3 Å².